The number of carbonyl (C=O) groups excluding carboxylic acids is 1. The molecule has 2 unspecified atom stereocenters. The molecule has 43 heavy (non-hydrogen) atoms. The predicted molar refractivity (Wildman–Crippen MR) is 165 cm³/mol. The number of aromatic nitrogens is 4. The summed E-state index contributed by atoms with van der Waals surface area (Å²) in [5.41, 5.74) is 5.30. The van der Waals surface area contributed by atoms with Crippen molar-refractivity contribution in [3.8, 4) is 6.07 Å². The fraction of sp³-hybridized carbons (Fsp3) is 0.219. The van der Waals surface area contributed by atoms with E-state index in [-0.39, 0.29) is 11.9 Å². The summed E-state index contributed by atoms with van der Waals surface area (Å²) >= 11 is 6.79. The van der Waals surface area contributed by atoms with Crippen LogP contribution in [0, 0.1) is 11.3 Å². The van der Waals surface area contributed by atoms with E-state index in [2.05, 4.69) is 56.2 Å². The maximum absolute atomic E-state index is 13.0. The van der Waals surface area contributed by atoms with Gasteiger partial charge in [-0.3, -0.25) is 9.78 Å². The van der Waals surface area contributed by atoms with Gasteiger partial charge in [-0.15, -0.1) is 0 Å². The maximum atomic E-state index is 13.0. The molecule has 0 bridgehead atoms. The Bertz CT molecular complexity index is 1800. The van der Waals surface area contributed by atoms with E-state index in [4.69, 9.17) is 11.6 Å². The third-order valence-electron chi connectivity index (χ3n) is 7.63. The number of carbonyl (C=O) groups is 1. The predicted octanol–water partition coefficient (Wildman–Crippen LogP) is 5.46. The lowest BCUT2D eigenvalue weighted by Crippen LogP contribution is -2.53. The summed E-state index contributed by atoms with van der Waals surface area (Å²) in [5.74, 6) is -0.144. The molecule has 10 nitrogen and oxygen atoms in total. The highest BCUT2D eigenvalue weighted by molar-refractivity contribution is 6.35. The maximum Gasteiger partial charge on any atom is 0.254 e. The Morgan fingerprint density at radius 2 is 1.91 bits per heavy atom. The van der Waals surface area contributed by atoms with Crippen molar-refractivity contribution in [3.63, 3.8) is 0 Å². The van der Waals surface area contributed by atoms with Crippen LogP contribution >= 0.6 is 11.6 Å². The number of likely N-dealkylation sites (tertiary alicyclic amines) is 1. The highest BCUT2D eigenvalue weighted by Gasteiger charge is 2.30. The number of nitriles is 1. The van der Waals surface area contributed by atoms with E-state index in [9.17, 15) is 15.2 Å². The van der Waals surface area contributed by atoms with E-state index < -0.39 is 12.1 Å². The van der Waals surface area contributed by atoms with Gasteiger partial charge in [-0.2, -0.15) is 20.7 Å². The monoisotopic (exact) mass is 592 g/mol. The molecule has 2 aromatic heterocycles. The molecule has 1 amide bonds. The molecule has 2 atom stereocenters. The number of pyridine rings is 1. The largest absolute Gasteiger partial charge is 0.389 e. The number of rotatable bonds is 9. The smallest absolute Gasteiger partial charge is 0.254 e. The van der Waals surface area contributed by atoms with Crippen molar-refractivity contribution in [3.05, 3.63) is 112 Å². The Labute approximate surface area is 253 Å². The van der Waals surface area contributed by atoms with Crippen LogP contribution in [0.5, 0.6) is 0 Å². The lowest BCUT2D eigenvalue weighted by atomic mass is 9.99. The molecule has 1 aliphatic heterocycles. The van der Waals surface area contributed by atoms with Gasteiger partial charge in [-0.25, -0.2) is 0 Å². The Kier molecular flexibility index (Phi) is 7.92. The number of nitrogens with one attached hydrogen (secondary N) is 3. The molecule has 1 fully saturated rings. The molecule has 0 saturated carbocycles. The number of H-pyrrole nitrogens is 1. The zero-order chi connectivity index (χ0) is 29.9. The second-order valence-electron chi connectivity index (χ2n) is 10.5. The number of nitrogens with zero attached hydrogens (tertiary/aromatic N) is 5. The van der Waals surface area contributed by atoms with Crippen LogP contribution in [0.3, 0.4) is 0 Å². The van der Waals surface area contributed by atoms with Gasteiger partial charge in [0.15, 0.2) is 0 Å². The number of aliphatic hydroxyl groups is 1. The second-order valence-corrected chi connectivity index (χ2v) is 10.9. The minimum atomic E-state index is -0.488. The Morgan fingerprint density at radius 1 is 1.12 bits per heavy atom. The van der Waals surface area contributed by atoms with Crippen molar-refractivity contribution in [2.24, 2.45) is 0 Å². The summed E-state index contributed by atoms with van der Waals surface area (Å²) in [4.78, 5) is 19.1. The standard InChI is InChI=1S/C32H29ClN8O2/c1-2-27(19-7-4-3-5-8-19)38-29-22(14-34)15-35-31-25(29)12-23(13-26(31)33)37-30(28-16-36-40-39-28)20-9-6-10-21(11-20)32(43)41-17-24(42)18-41/h3-13,15-16,24,27,30,37,42H,2,17-18H2,1H3,(H,35,38)(H,36,39,40). The van der Waals surface area contributed by atoms with Crippen molar-refractivity contribution in [1.29, 1.82) is 5.26 Å². The Hall–Kier alpha value is -4.98. The third-order valence-corrected chi connectivity index (χ3v) is 7.92. The first kappa shape index (κ1) is 28.2. The van der Waals surface area contributed by atoms with Crippen LogP contribution < -0.4 is 10.6 Å². The summed E-state index contributed by atoms with van der Waals surface area (Å²) in [7, 11) is 0. The zero-order valence-corrected chi connectivity index (χ0v) is 24.1. The second kappa shape index (κ2) is 12.1. The molecular weight excluding hydrogens is 564 g/mol. The van der Waals surface area contributed by atoms with Gasteiger partial charge in [0.1, 0.15) is 11.8 Å². The van der Waals surface area contributed by atoms with Gasteiger partial charge >= 0.3 is 0 Å². The lowest BCUT2D eigenvalue weighted by Gasteiger charge is -2.36. The van der Waals surface area contributed by atoms with Crippen LogP contribution in [-0.2, 0) is 0 Å². The van der Waals surface area contributed by atoms with Crippen LogP contribution in [0.25, 0.3) is 10.9 Å². The highest BCUT2D eigenvalue weighted by atomic mass is 35.5. The van der Waals surface area contributed by atoms with Crippen LogP contribution in [0.4, 0.5) is 11.4 Å². The molecule has 1 aliphatic rings. The van der Waals surface area contributed by atoms with Crippen molar-refractivity contribution < 1.29 is 9.90 Å². The number of benzene rings is 3. The fourth-order valence-corrected chi connectivity index (χ4v) is 5.63. The molecule has 3 aromatic carbocycles. The van der Waals surface area contributed by atoms with Crippen LogP contribution in [0.1, 0.15) is 58.2 Å². The van der Waals surface area contributed by atoms with E-state index >= 15 is 0 Å². The van der Waals surface area contributed by atoms with E-state index in [1.54, 1.807) is 29.4 Å². The Balaban J connectivity index is 1.39. The van der Waals surface area contributed by atoms with Gasteiger partial charge in [0.25, 0.3) is 5.91 Å². The average molecular weight is 593 g/mol. The minimum absolute atomic E-state index is 0.0371. The van der Waals surface area contributed by atoms with E-state index in [0.29, 0.717) is 57.2 Å². The molecular formula is C32H29ClN8O2. The molecule has 0 radical (unpaired) electrons. The van der Waals surface area contributed by atoms with Gasteiger partial charge in [0.05, 0.1) is 46.2 Å². The fourth-order valence-electron chi connectivity index (χ4n) is 5.36. The molecule has 0 spiro atoms. The molecule has 6 rings (SSSR count). The third kappa shape index (κ3) is 5.73. The summed E-state index contributed by atoms with van der Waals surface area (Å²) in [5, 5.41) is 38.9. The molecule has 3 heterocycles. The lowest BCUT2D eigenvalue weighted by molar-refractivity contribution is 0.00589. The zero-order valence-electron chi connectivity index (χ0n) is 23.3. The normalized spacial score (nSPS) is 14.5. The summed E-state index contributed by atoms with van der Waals surface area (Å²) in [6.45, 7) is 2.73. The average Bonchev–Trinajstić information content (AvgIpc) is 3.56. The van der Waals surface area contributed by atoms with Gasteiger partial charge in [-0.05, 0) is 41.8 Å². The molecule has 4 N–H and O–H groups in total. The highest BCUT2D eigenvalue weighted by Crippen LogP contribution is 2.37. The first-order valence-electron chi connectivity index (χ1n) is 14.0. The molecule has 1 saturated heterocycles. The van der Waals surface area contributed by atoms with E-state index in [1.165, 1.54) is 0 Å². The number of hydrogen-bond donors (Lipinski definition) is 4. The van der Waals surface area contributed by atoms with Crippen molar-refractivity contribution in [1.82, 2.24) is 25.3 Å². The number of hydrogen-bond acceptors (Lipinski definition) is 8. The first-order valence-corrected chi connectivity index (χ1v) is 14.4. The topological polar surface area (TPSA) is 143 Å². The quantitative estimate of drug-likeness (QED) is 0.177. The number of amides is 1. The molecule has 0 aliphatic carbocycles. The van der Waals surface area contributed by atoms with Crippen LogP contribution in [-0.4, -0.2) is 55.5 Å². The summed E-state index contributed by atoms with van der Waals surface area (Å²) in [6.07, 6.45) is 3.47. The number of halogens is 1. The number of aliphatic hydroxyl groups excluding tert-OH is 1. The van der Waals surface area contributed by atoms with Crippen LogP contribution in [0.15, 0.2) is 79.1 Å². The van der Waals surface area contributed by atoms with E-state index in [0.717, 1.165) is 17.5 Å². The first-order chi connectivity index (χ1) is 20.9. The van der Waals surface area contributed by atoms with Crippen LogP contribution in [0.2, 0.25) is 5.02 Å². The van der Waals surface area contributed by atoms with Gasteiger partial charge in [0, 0.05) is 35.9 Å². The molecule has 11 heteroatoms. The number of fused-ring (bicyclic) bond motifs is 1. The SMILES string of the molecule is CCC(Nc1c(C#N)cnc2c(Cl)cc(NC(c3cccc(C(=O)N4CC(O)C4)c3)c3cn[nH]n3)cc12)c1ccccc1. The van der Waals surface area contributed by atoms with Crippen molar-refractivity contribution in [2.45, 2.75) is 31.5 Å². The molecule has 5 aromatic rings. The minimum Gasteiger partial charge on any atom is -0.389 e. The van der Waals surface area contributed by atoms with Gasteiger partial charge < -0.3 is 20.6 Å². The van der Waals surface area contributed by atoms with Gasteiger partial charge in [-0.1, -0.05) is 61.0 Å². The Morgan fingerprint density at radius 3 is 2.60 bits per heavy atom. The number of β-amino-alcohol motifs (C(OH)–C–C–N with tert-alkyl or cyclic N) is 1. The summed E-state index contributed by atoms with van der Waals surface area (Å²) < 4.78 is 0. The number of aromatic amines is 1. The van der Waals surface area contributed by atoms with Gasteiger partial charge in [0.2, 0.25) is 0 Å². The van der Waals surface area contributed by atoms with Crippen molar-refractivity contribution >= 4 is 39.8 Å². The van der Waals surface area contributed by atoms with E-state index in [1.807, 2.05) is 42.5 Å². The van der Waals surface area contributed by atoms with Crippen molar-refractivity contribution in [2.75, 3.05) is 23.7 Å². The number of anilines is 2. The summed E-state index contributed by atoms with van der Waals surface area (Å²) in [6, 6.07) is 22.8. The molecule has 216 valence electrons.